The molecule has 21 heavy (non-hydrogen) atoms. The molecule has 0 spiro atoms. The number of methoxy groups -OCH3 is 1. The molecular formula is C13H18N2O6. The number of nitro benzene ring substituents is 1. The number of rotatable bonds is 8. The van der Waals surface area contributed by atoms with Gasteiger partial charge in [-0.15, -0.1) is 0 Å². The number of nitro groups is 1. The van der Waals surface area contributed by atoms with Gasteiger partial charge < -0.3 is 20.3 Å². The van der Waals surface area contributed by atoms with Gasteiger partial charge in [0.05, 0.1) is 30.3 Å². The van der Waals surface area contributed by atoms with Crippen LogP contribution in [-0.2, 0) is 4.79 Å². The number of nitrogens with two attached hydrogens (primary N) is 1. The summed E-state index contributed by atoms with van der Waals surface area (Å²) < 4.78 is 10.5. The molecule has 0 amide bonds. The predicted octanol–water partition coefficient (Wildman–Crippen LogP) is 1.87. The number of hydrogen-bond donors (Lipinski definition) is 2. The summed E-state index contributed by atoms with van der Waals surface area (Å²) in [5.74, 6) is -0.411. The van der Waals surface area contributed by atoms with Crippen LogP contribution in [0.2, 0.25) is 0 Å². The number of hydrogen-bond acceptors (Lipinski definition) is 6. The molecule has 0 aliphatic heterocycles. The van der Waals surface area contributed by atoms with Gasteiger partial charge in [-0.25, -0.2) is 0 Å². The molecule has 1 rings (SSSR count). The minimum Gasteiger partial charge on any atom is -0.493 e. The number of nitrogens with zero attached hydrogens (tertiary/aromatic N) is 1. The lowest BCUT2D eigenvalue weighted by molar-refractivity contribution is -0.385. The molecule has 1 unspecified atom stereocenters. The van der Waals surface area contributed by atoms with E-state index in [2.05, 4.69) is 0 Å². The van der Waals surface area contributed by atoms with Gasteiger partial charge in [0.15, 0.2) is 11.5 Å². The Kier molecular flexibility index (Phi) is 5.92. The molecule has 116 valence electrons. The Morgan fingerprint density at radius 3 is 2.62 bits per heavy atom. The van der Waals surface area contributed by atoms with E-state index < -0.39 is 16.9 Å². The molecule has 0 heterocycles. The van der Waals surface area contributed by atoms with Gasteiger partial charge in [-0.2, -0.15) is 0 Å². The molecule has 0 bridgehead atoms. The summed E-state index contributed by atoms with van der Waals surface area (Å²) in [4.78, 5) is 20.9. The van der Waals surface area contributed by atoms with Gasteiger partial charge in [-0.1, -0.05) is 0 Å². The fourth-order valence-corrected chi connectivity index (χ4v) is 1.77. The smallest absolute Gasteiger partial charge is 0.303 e. The molecule has 8 heteroatoms. The van der Waals surface area contributed by atoms with E-state index in [-0.39, 0.29) is 24.5 Å². The van der Waals surface area contributed by atoms with Gasteiger partial charge >= 0.3 is 5.97 Å². The maximum absolute atomic E-state index is 11.1. The monoisotopic (exact) mass is 298 g/mol. The van der Waals surface area contributed by atoms with E-state index in [1.165, 1.54) is 19.2 Å². The summed E-state index contributed by atoms with van der Waals surface area (Å²) >= 11 is 0. The standard InChI is InChI=1S/C13H18N2O6/c1-8(14)9-6-11(20-2)12(7-10(9)15(18)19)21-5-3-4-13(16)17/h6-8H,3-5,14H2,1-2H3,(H,16,17). The van der Waals surface area contributed by atoms with Crippen LogP contribution < -0.4 is 15.2 Å². The first-order chi connectivity index (χ1) is 9.86. The zero-order chi connectivity index (χ0) is 16.0. The zero-order valence-electron chi connectivity index (χ0n) is 11.9. The maximum Gasteiger partial charge on any atom is 0.303 e. The third-order valence-corrected chi connectivity index (χ3v) is 2.79. The largest absolute Gasteiger partial charge is 0.493 e. The van der Waals surface area contributed by atoms with E-state index in [9.17, 15) is 14.9 Å². The molecular weight excluding hydrogens is 280 g/mol. The molecule has 0 fully saturated rings. The highest BCUT2D eigenvalue weighted by atomic mass is 16.6. The van der Waals surface area contributed by atoms with E-state index in [4.69, 9.17) is 20.3 Å². The topological polar surface area (TPSA) is 125 Å². The molecule has 0 radical (unpaired) electrons. The third kappa shape index (κ3) is 4.60. The molecule has 0 aromatic heterocycles. The van der Waals surface area contributed by atoms with Crippen LogP contribution in [-0.4, -0.2) is 29.7 Å². The average Bonchev–Trinajstić information content (AvgIpc) is 2.42. The van der Waals surface area contributed by atoms with Crippen molar-refractivity contribution in [1.29, 1.82) is 0 Å². The molecule has 1 aromatic rings. The number of carboxylic acids is 1. The molecule has 0 aliphatic rings. The van der Waals surface area contributed by atoms with Crippen molar-refractivity contribution in [2.75, 3.05) is 13.7 Å². The van der Waals surface area contributed by atoms with E-state index in [1.807, 2.05) is 0 Å². The summed E-state index contributed by atoms with van der Waals surface area (Å²) in [6.07, 6.45) is 0.254. The highest BCUT2D eigenvalue weighted by Gasteiger charge is 2.21. The molecule has 3 N–H and O–H groups in total. The first-order valence-corrected chi connectivity index (χ1v) is 6.33. The quantitative estimate of drug-likeness (QED) is 0.426. The number of aliphatic carboxylic acids is 1. The Bertz CT molecular complexity index is 530. The Balaban J connectivity index is 2.99. The van der Waals surface area contributed by atoms with E-state index in [0.29, 0.717) is 17.7 Å². The summed E-state index contributed by atoms with van der Waals surface area (Å²) in [6, 6.07) is 2.19. The SMILES string of the molecule is COc1cc(C(C)N)c([N+](=O)[O-])cc1OCCCC(=O)O. The van der Waals surface area contributed by atoms with Gasteiger partial charge in [0.2, 0.25) is 0 Å². The normalized spacial score (nSPS) is 11.8. The molecule has 0 saturated carbocycles. The minimum atomic E-state index is -0.927. The Hall–Kier alpha value is -2.35. The second-order valence-corrected chi connectivity index (χ2v) is 4.45. The van der Waals surface area contributed by atoms with Crippen molar-refractivity contribution in [2.45, 2.75) is 25.8 Å². The van der Waals surface area contributed by atoms with Crippen molar-refractivity contribution in [3.8, 4) is 11.5 Å². The van der Waals surface area contributed by atoms with Crippen LogP contribution in [0.1, 0.15) is 31.4 Å². The van der Waals surface area contributed by atoms with Crippen LogP contribution in [0, 0.1) is 10.1 Å². The number of carbonyl (C=O) groups is 1. The summed E-state index contributed by atoms with van der Waals surface area (Å²) in [5.41, 5.74) is 5.90. The number of benzene rings is 1. The Labute approximate surface area is 121 Å². The van der Waals surface area contributed by atoms with Gasteiger partial charge in [0, 0.05) is 12.5 Å². The fraction of sp³-hybridized carbons (Fsp3) is 0.462. The van der Waals surface area contributed by atoms with Crippen LogP contribution in [0.15, 0.2) is 12.1 Å². The van der Waals surface area contributed by atoms with E-state index in [1.54, 1.807) is 6.92 Å². The highest BCUT2D eigenvalue weighted by molar-refractivity contribution is 5.66. The van der Waals surface area contributed by atoms with Gasteiger partial charge in [-0.05, 0) is 19.4 Å². The summed E-state index contributed by atoms with van der Waals surface area (Å²) in [7, 11) is 1.41. The van der Waals surface area contributed by atoms with Crippen LogP contribution in [0.25, 0.3) is 0 Å². The van der Waals surface area contributed by atoms with Crippen LogP contribution in [0.4, 0.5) is 5.69 Å². The molecule has 8 nitrogen and oxygen atoms in total. The third-order valence-electron chi connectivity index (χ3n) is 2.79. The van der Waals surface area contributed by atoms with Crippen molar-refractivity contribution in [2.24, 2.45) is 5.73 Å². The van der Waals surface area contributed by atoms with Crippen molar-refractivity contribution in [3.63, 3.8) is 0 Å². The van der Waals surface area contributed by atoms with Crippen molar-refractivity contribution in [1.82, 2.24) is 0 Å². The fourth-order valence-electron chi connectivity index (χ4n) is 1.77. The number of carboxylic acid groups (broad SMARTS) is 1. The van der Waals surface area contributed by atoms with Crippen LogP contribution in [0.3, 0.4) is 0 Å². The lowest BCUT2D eigenvalue weighted by atomic mass is 10.1. The second kappa shape index (κ2) is 7.44. The van der Waals surface area contributed by atoms with Gasteiger partial charge in [0.25, 0.3) is 5.69 Å². The summed E-state index contributed by atoms with van der Waals surface area (Å²) in [5, 5.41) is 19.6. The molecule has 0 saturated heterocycles. The van der Waals surface area contributed by atoms with E-state index in [0.717, 1.165) is 0 Å². The first-order valence-electron chi connectivity index (χ1n) is 6.33. The van der Waals surface area contributed by atoms with Crippen molar-refractivity contribution >= 4 is 11.7 Å². The lowest BCUT2D eigenvalue weighted by Crippen LogP contribution is -2.10. The Morgan fingerprint density at radius 1 is 1.48 bits per heavy atom. The summed E-state index contributed by atoms with van der Waals surface area (Å²) in [6.45, 7) is 1.76. The Morgan fingerprint density at radius 2 is 2.14 bits per heavy atom. The van der Waals surface area contributed by atoms with Crippen LogP contribution >= 0.6 is 0 Å². The van der Waals surface area contributed by atoms with Crippen LogP contribution in [0.5, 0.6) is 11.5 Å². The van der Waals surface area contributed by atoms with Gasteiger partial charge in [-0.3, -0.25) is 14.9 Å². The van der Waals surface area contributed by atoms with Crippen molar-refractivity contribution < 1.29 is 24.3 Å². The zero-order valence-corrected chi connectivity index (χ0v) is 11.9. The van der Waals surface area contributed by atoms with E-state index >= 15 is 0 Å². The highest BCUT2D eigenvalue weighted by Crippen LogP contribution is 2.36. The second-order valence-electron chi connectivity index (χ2n) is 4.45. The van der Waals surface area contributed by atoms with Crippen molar-refractivity contribution in [3.05, 3.63) is 27.8 Å². The number of ether oxygens (including phenoxy) is 2. The maximum atomic E-state index is 11.1. The lowest BCUT2D eigenvalue weighted by Gasteiger charge is -2.14. The molecule has 1 aromatic carbocycles. The first kappa shape index (κ1) is 16.7. The predicted molar refractivity (Wildman–Crippen MR) is 74.6 cm³/mol. The minimum absolute atomic E-state index is 0.0394. The molecule has 1 atom stereocenters. The molecule has 0 aliphatic carbocycles. The van der Waals surface area contributed by atoms with Gasteiger partial charge in [0.1, 0.15) is 0 Å². The average molecular weight is 298 g/mol.